The Hall–Kier alpha value is -1.55. The Morgan fingerprint density at radius 3 is 2.38 bits per heavy atom. The molecule has 1 amide bonds. The van der Waals surface area contributed by atoms with Crippen molar-refractivity contribution in [2.75, 3.05) is 13.2 Å². The third kappa shape index (κ3) is 5.38. The molecule has 1 aromatic rings. The lowest BCUT2D eigenvalue weighted by Gasteiger charge is -2.28. The lowest BCUT2D eigenvalue weighted by molar-refractivity contribution is -0.143. The summed E-state index contributed by atoms with van der Waals surface area (Å²) < 4.78 is 4.91. The fourth-order valence-corrected chi connectivity index (χ4v) is 2.07. The Morgan fingerprint density at radius 2 is 1.86 bits per heavy atom. The van der Waals surface area contributed by atoms with Gasteiger partial charge in [-0.2, -0.15) is 0 Å². The molecule has 21 heavy (non-hydrogen) atoms. The van der Waals surface area contributed by atoms with Crippen LogP contribution in [0.25, 0.3) is 0 Å². The summed E-state index contributed by atoms with van der Waals surface area (Å²) in [4.78, 5) is 25.8. The van der Waals surface area contributed by atoms with Gasteiger partial charge in [-0.25, -0.2) is 0 Å². The van der Waals surface area contributed by atoms with Crippen molar-refractivity contribution in [3.8, 4) is 0 Å². The summed E-state index contributed by atoms with van der Waals surface area (Å²) in [5.41, 5.74) is 0.573. The van der Waals surface area contributed by atoms with E-state index in [0.717, 1.165) is 6.42 Å². The van der Waals surface area contributed by atoms with E-state index in [2.05, 4.69) is 0 Å². The number of carbonyl (C=O) groups excluding carboxylic acids is 2. The largest absolute Gasteiger partial charge is 0.466 e. The lowest BCUT2D eigenvalue weighted by atomic mass is 10.1. The van der Waals surface area contributed by atoms with Crippen molar-refractivity contribution >= 4 is 23.5 Å². The number of esters is 1. The third-order valence-corrected chi connectivity index (χ3v) is 3.59. The molecule has 1 atom stereocenters. The van der Waals surface area contributed by atoms with Crippen molar-refractivity contribution < 1.29 is 14.3 Å². The van der Waals surface area contributed by atoms with Crippen molar-refractivity contribution in [1.82, 2.24) is 4.90 Å². The smallest absolute Gasteiger partial charge is 0.307 e. The molecule has 116 valence electrons. The molecular formula is C16H22ClNO3. The molecule has 0 fully saturated rings. The zero-order valence-corrected chi connectivity index (χ0v) is 13.5. The van der Waals surface area contributed by atoms with Gasteiger partial charge in [-0.3, -0.25) is 9.59 Å². The van der Waals surface area contributed by atoms with Crippen LogP contribution in [0.5, 0.6) is 0 Å². The second-order valence-corrected chi connectivity index (χ2v) is 5.25. The highest BCUT2D eigenvalue weighted by molar-refractivity contribution is 6.30. The fourth-order valence-electron chi connectivity index (χ4n) is 1.95. The lowest BCUT2D eigenvalue weighted by Crippen LogP contribution is -2.39. The number of ether oxygens (including phenoxy) is 1. The molecule has 1 aromatic carbocycles. The van der Waals surface area contributed by atoms with E-state index in [9.17, 15) is 9.59 Å². The maximum absolute atomic E-state index is 12.6. The predicted molar refractivity (Wildman–Crippen MR) is 83.5 cm³/mol. The summed E-state index contributed by atoms with van der Waals surface area (Å²) in [6.45, 7) is 6.46. The highest BCUT2D eigenvalue weighted by Crippen LogP contribution is 2.15. The third-order valence-electron chi connectivity index (χ3n) is 3.34. The first-order valence-electron chi connectivity index (χ1n) is 7.21. The molecule has 4 nitrogen and oxygen atoms in total. The van der Waals surface area contributed by atoms with Crippen molar-refractivity contribution in [3.63, 3.8) is 0 Å². The van der Waals surface area contributed by atoms with E-state index in [-0.39, 0.29) is 24.3 Å². The van der Waals surface area contributed by atoms with Crippen LogP contribution < -0.4 is 0 Å². The highest BCUT2D eigenvalue weighted by atomic mass is 35.5. The van der Waals surface area contributed by atoms with Crippen LogP contribution in [0.4, 0.5) is 0 Å². The summed E-state index contributed by atoms with van der Waals surface area (Å²) >= 11 is 5.84. The first-order chi connectivity index (χ1) is 9.99. The molecule has 0 N–H and O–H groups in total. The maximum atomic E-state index is 12.6. The molecule has 0 spiro atoms. The quantitative estimate of drug-likeness (QED) is 0.724. The summed E-state index contributed by atoms with van der Waals surface area (Å²) in [7, 11) is 0. The van der Waals surface area contributed by atoms with Crippen LogP contribution in [-0.4, -0.2) is 36.0 Å². The Balaban J connectivity index is 2.79. The van der Waals surface area contributed by atoms with Crippen LogP contribution in [-0.2, 0) is 9.53 Å². The van der Waals surface area contributed by atoms with Crippen LogP contribution in [0.1, 0.15) is 44.0 Å². The Morgan fingerprint density at radius 1 is 1.24 bits per heavy atom. The van der Waals surface area contributed by atoms with Gasteiger partial charge in [-0.1, -0.05) is 18.5 Å². The molecule has 0 heterocycles. The van der Waals surface area contributed by atoms with Crippen molar-refractivity contribution in [3.05, 3.63) is 34.9 Å². The van der Waals surface area contributed by atoms with Crippen LogP contribution >= 0.6 is 11.6 Å². The van der Waals surface area contributed by atoms with Gasteiger partial charge >= 0.3 is 5.97 Å². The molecule has 0 aliphatic rings. The van der Waals surface area contributed by atoms with Gasteiger partial charge in [-0.15, -0.1) is 0 Å². The number of halogens is 1. The maximum Gasteiger partial charge on any atom is 0.307 e. The molecule has 1 unspecified atom stereocenters. The number of amides is 1. The topological polar surface area (TPSA) is 46.6 Å². The van der Waals surface area contributed by atoms with E-state index >= 15 is 0 Å². The standard InChI is InChI=1S/C16H22ClNO3/c1-4-12(3)18(11-10-15(19)21-5-2)16(20)13-6-8-14(17)9-7-13/h6-9,12H,4-5,10-11H2,1-3H3. The Bertz CT molecular complexity index is 473. The molecular weight excluding hydrogens is 290 g/mol. The number of hydrogen-bond donors (Lipinski definition) is 0. The van der Waals surface area contributed by atoms with Gasteiger partial charge in [0.15, 0.2) is 0 Å². The van der Waals surface area contributed by atoms with Gasteiger partial charge in [0.1, 0.15) is 0 Å². The fraction of sp³-hybridized carbons (Fsp3) is 0.500. The Kier molecular flexibility index (Phi) is 7.23. The molecule has 0 saturated carbocycles. The van der Waals surface area contributed by atoms with Crippen molar-refractivity contribution in [2.24, 2.45) is 0 Å². The normalized spacial score (nSPS) is 11.8. The molecule has 0 saturated heterocycles. The van der Waals surface area contributed by atoms with Gasteiger partial charge in [0.25, 0.3) is 5.91 Å². The molecule has 0 aliphatic carbocycles. The van der Waals surface area contributed by atoms with Crippen molar-refractivity contribution in [1.29, 1.82) is 0 Å². The summed E-state index contributed by atoms with van der Waals surface area (Å²) in [6, 6.07) is 6.83. The van der Waals surface area contributed by atoms with E-state index in [1.165, 1.54) is 0 Å². The van der Waals surface area contributed by atoms with E-state index in [1.807, 2.05) is 13.8 Å². The first-order valence-corrected chi connectivity index (χ1v) is 7.59. The number of nitrogens with zero attached hydrogens (tertiary/aromatic N) is 1. The summed E-state index contributed by atoms with van der Waals surface area (Å²) in [6.07, 6.45) is 1.03. The van der Waals surface area contributed by atoms with E-state index < -0.39 is 0 Å². The summed E-state index contributed by atoms with van der Waals surface area (Å²) in [5.74, 6) is -0.375. The Labute approximate surface area is 131 Å². The van der Waals surface area contributed by atoms with Crippen LogP contribution in [0.2, 0.25) is 5.02 Å². The van der Waals surface area contributed by atoms with Gasteiger partial charge in [0.05, 0.1) is 13.0 Å². The number of hydrogen-bond acceptors (Lipinski definition) is 3. The minimum atomic E-state index is -0.283. The van der Waals surface area contributed by atoms with Gasteiger partial charge in [0, 0.05) is 23.2 Å². The number of rotatable bonds is 7. The van der Waals surface area contributed by atoms with Crippen molar-refractivity contribution in [2.45, 2.75) is 39.7 Å². The SMILES string of the molecule is CCOC(=O)CCN(C(=O)c1ccc(Cl)cc1)C(C)CC. The van der Waals surface area contributed by atoms with E-state index in [4.69, 9.17) is 16.3 Å². The second kappa shape index (κ2) is 8.67. The highest BCUT2D eigenvalue weighted by Gasteiger charge is 2.21. The van der Waals surface area contributed by atoms with Crippen LogP contribution in [0.3, 0.4) is 0 Å². The zero-order valence-electron chi connectivity index (χ0n) is 12.8. The van der Waals surface area contributed by atoms with Gasteiger partial charge < -0.3 is 9.64 Å². The molecule has 0 aliphatic heterocycles. The van der Waals surface area contributed by atoms with E-state index in [1.54, 1.807) is 36.1 Å². The number of benzene rings is 1. The van der Waals surface area contributed by atoms with Crippen LogP contribution in [0.15, 0.2) is 24.3 Å². The van der Waals surface area contributed by atoms with Gasteiger partial charge in [-0.05, 0) is 44.5 Å². The zero-order chi connectivity index (χ0) is 15.8. The average molecular weight is 312 g/mol. The summed E-state index contributed by atoms with van der Waals surface area (Å²) in [5, 5.41) is 0.591. The second-order valence-electron chi connectivity index (χ2n) is 4.82. The first kappa shape index (κ1) is 17.5. The number of carbonyl (C=O) groups is 2. The molecule has 1 rings (SSSR count). The average Bonchev–Trinajstić information content (AvgIpc) is 2.47. The molecule has 0 aromatic heterocycles. The minimum Gasteiger partial charge on any atom is -0.466 e. The van der Waals surface area contributed by atoms with Crippen LogP contribution in [0, 0.1) is 0 Å². The molecule has 5 heteroatoms. The monoisotopic (exact) mass is 311 g/mol. The van der Waals surface area contributed by atoms with E-state index in [0.29, 0.717) is 23.7 Å². The van der Waals surface area contributed by atoms with Gasteiger partial charge in [0.2, 0.25) is 0 Å². The predicted octanol–water partition coefficient (Wildman–Crippen LogP) is 3.53. The molecule has 0 radical (unpaired) electrons. The molecule has 0 bridgehead atoms. The minimum absolute atomic E-state index is 0.0580.